The van der Waals surface area contributed by atoms with Crippen molar-refractivity contribution in [2.75, 3.05) is 18.9 Å². The lowest BCUT2D eigenvalue weighted by atomic mass is 9.80. The van der Waals surface area contributed by atoms with Crippen molar-refractivity contribution in [3.63, 3.8) is 0 Å². The zero-order valence-corrected chi connectivity index (χ0v) is 21.2. The van der Waals surface area contributed by atoms with Crippen molar-refractivity contribution in [1.29, 1.82) is 5.26 Å². The largest absolute Gasteiger partial charge is 0.330 e. The summed E-state index contributed by atoms with van der Waals surface area (Å²) < 4.78 is 0. The highest BCUT2D eigenvalue weighted by molar-refractivity contribution is 6.36. The molecule has 3 amide bonds. The first-order chi connectivity index (χ1) is 16.6. The highest BCUT2D eigenvalue weighted by Gasteiger charge is 2.56. The van der Waals surface area contributed by atoms with Gasteiger partial charge in [-0.25, -0.2) is 0 Å². The summed E-state index contributed by atoms with van der Waals surface area (Å²) >= 11 is 12.2. The molecule has 1 spiro atoms. The molecule has 0 unspecified atom stereocenters. The Morgan fingerprint density at radius 1 is 1.26 bits per heavy atom. The lowest BCUT2D eigenvalue weighted by molar-refractivity contribution is -0.136. The first kappa shape index (κ1) is 25.0. The van der Waals surface area contributed by atoms with Gasteiger partial charge in [-0.05, 0) is 42.2 Å². The van der Waals surface area contributed by atoms with Crippen molar-refractivity contribution in [2.24, 2.45) is 5.92 Å². The van der Waals surface area contributed by atoms with Crippen LogP contribution in [0.25, 0.3) is 0 Å². The monoisotopic (exact) mass is 512 g/mol. The zero-order chi connectivity index (χ0) is 25.5. The third kappa shape index (κ3) is 4.37. The molecule has 0 bridgehead atoms. The average molecular weight is 513 g/mol. The number of nitriles is 1. The molecule has 2 aliphatic heterocycles. The SMILES string of the molecule is CC(C)C[C@@H](C(=O)N1C[C@]2(C[C@H]1C#N)C(=O)Nc1ccccc12)N(C)C(=O)c1ccc(Cl)cc1Cl. The van der Waals surface area contributed by atoms with Crippen LogP contribution >= 0.6 is 23.2 Å². The number of likely N-dealkylation sites (tertiary alicyclic amines) is 1. The maximum atomic E-state index is 13.9. The fraction of sp³-hybridized carbons (Fsp3) is 0.385. The number of carbonyl (C=O) groups excluding carboxylic acids is 3. The normalized spacial score (nSPS) is 21.6. The van der Waals surface area contributed by atoms with E-state index in [-0.39, 0.29) is 41.3 Å². The van der Waals surface area contributed by atoms with E-state index in [0.29, 0.717) is 17.1 Å². The molecule has 0 aromatic heterocycles. The van der Waals surface area contributed by atoms with E-state index >= 15 is 0 Å². The van der Waals surface area contributed by atoms with Crippen LogP contribution in [0.5, 0.6) is 0 Å². The van der Waals surface area contributed by atoms with Gasteiger partial charge in [0.05, 0.1) is 22.1 Å². The molecule has 1 N–H and O–H groups in total. The van der Waals surface area contributed by atoms with E-state index in [1.165, 1.54) is 21.9 Å². The van der Waals surface area contributed by atoms with Crippen molar-refractivity contribution in [1.82, 2.24) is 9.80 Å². The molecule has 2 aliphatic rings. The van der Waals surface area contributed by atoms with E-state index in [0.717, 1.165) is 5.56 Å². The molecular formula is C26H26Cl2N4O3. The molecule has 9 heteroatoms. The molecule has 35 heavy (non-hydrogen) atoms. The van der Waals surface area contributed by atoms with Gasteiger partial charge in [0.2, 0.25) is 11.8 Å². The van der Waals surface area contributed by atoms with Crippen molar-refractivity contribution in [3.8, 4) is 6.07 Å². The quantitative estimate of drug-likeness (QED) is 0.638. The lowest BCUT2D eigenvalue weighted by Gasteiger charge is -2.33. The predicted molar refractivity (Wildman–Crippen MR) is 134 cm³/mol. The van der Waals surface area contributed by atoms with Crippen LogP contribution < -0.4 is 5.32 Å². The minimum absolute atomic E-state index is 0.0746. The van der Waals surface area contributed by atoms with Gasteiger partial charge in [-0.1, -0.05) is 55.2 Å². The summed E-state index contributed by atoms with van der Waals surface area (Å²) in [5.74, 6) is -0.906. The number of fused-ring (bicyclic) bond motifs is 2. The summed E-state index contributed by atoms with van der Waals surface area (Å²) in [6.45, 7) is 3.99. The summed E-state index contributed by atoms with van der Waals surface area (Å²) in [6.07, 6.45) is 0.587. The van der Waals surface area contributed by atoms with E-state index in [4.69, 9.17) is 23.2 Å². The molecule has 2 heterocycles. The van der Waals surface area contributed by atoms with Crippen LogP contribution in [0.15, 0.2) is 42.5 Å². The first-order valence-corrected chi connectivity index (χ1v) is 12.2. The van der Waals surface area contributed by atoms with Gasteiger partial charge in [0.15, 0.2) is 0 Å². The number of benzene rings is 2. The van der Waals surface area contributed by atoms with Crippen molar-refractivity contribution in [3.05, 3.63) is 63.6 Å². The second kappa shape index (κ2) is 9.52. The number of anilines is 1. The molecule has 0 aliphatic carbocycles. The number of hydrogen-bond acceptors (Lipinski definition) is 4. The molecule has 1 saturated heterocycles. The maximum absolute atomic E-state index is 13.9. The van der Waals surface area contributed by atoms with Crippen LogP contribution in [-0.4, -0.2) is 53.2 Å². The van der Waals surface area contributed by atoms with Crippen LogP contribution in [0.1, 0.15) is 42.6 Å². The molecule has 3 atom stereocenters. The standard InChI is InChI=1S/C26H26Cl2N4O3/c1-15(2)10-22(31(3)23(33)18-9-8-16(27)11-20(18)28)24(34)32-14-26(12-17(32)13-29)19-6-4-5-7-21(19)30-25(26)35/h4-9,11,15,17,22H,10,12,14H2,1-3H3,(H,30,35)/t17-,22-,26-/m0/s1. The number of nitrogens with zero attached hydrogens (tertiary/aromatic N) is 3. The fourth-order valence-corrected chi connectivity index (χ4v) is 5.53. The number of nitrogens with one attached hydrogen (secondary N) is 1. The lowest BCUT2D eigenvalue weighted by Crippen LogP contribution is -2.52. The maximum Gasteiger partial charge on any atom is 0.255 e. The van der Waals surface area contributed by atoms with Gasteiger partial charge in [-0.15, -0.1) is 0 Å². The van der Waals surface area contributed by atoms with Gasteiger partial charge < -0.3 is 15.1 Å². The van der Waals surface area contributed by atoms with E-state index in [1.807, 2.05) is 38.1 Å². The molecular weight excluding hydrogens is 487 g/mol. The first-order valence-electron chi connectivity index (χ1n) is 11.4. The number of amides is 3. The second-order valence-electron chi connectivity index (χ2n) is 9.58. The van der Waals surface area contributed by atoms with Crippen LogP contribution in [0.2, 0.25) is 10.0 Å². The zero-order valence-electron chi connectivity index (χ0n) is 19.7. The van der Waals surface area contributed by atoms with Gasteiger partial charge in [-0.2, -0.15) is 5.26 Å². The molecule has 4 rings (SSSR count). The van der Waals surface area contributed by atoms with Gasteiger partial charge in [-0.3, -0.25) is 14.4 Å². The minimum atomic E-state index is -0.989. The van der Waals surface area contributed by atoms with Gasteiger partial charge in [0.1, 0.15) is 12.1 Å². The summed E-state index contributed by atoms with van der Waals surface area (Å²) in [5, 5.41) is 13.4. The average Bonchev–Trinajstić information content (AvgIpc) is 3.34. The summed E-state index contributed by atoms with van der Waals surface area (Å²) in [5.41, 5.74) is 0.737. The van der Waals surface area contributed by atoms with Crippen molar-refractivity contribution >= 4 is 46.6 Å². The van der Waals surface area contributed by atoms with E-state index in [1.54, 1.807) is 13.1 Å². The second-order valence-corrected chi connectivity index (χ2v) is 10.4. The van der Waals surface area contributed by atoms with E-state index < -0.39 is 23.4 Å². The predicted octanol–water partition coefficient (Wildman–Crippen LogP) is 4.49. The number of carbonyl (C=O) groups is 3. The van der Waals surface area contributed by atoms with Crippen molar-refractivity contribution < 1.29 is 14.4 Å². The van der Waals surface area contributed by atoms with Crippen LogP contribution in [0.3, 0.4) is 0 Å². The van der Waals surface area contributed by atoms with Gasteiger partial charge in [0.25, 0.3) is 5.91 Å². The molecule has 0 saturated carbocycles. The Kier molecular flexibility index (Phi) is 6.81. The topological polar surface area (TPSA) is 93.5 Å². The van der Waals surface area contributed by atoms with Gasteiger partial charge >= 0.3 is 0 Å². The Bertz CT molecular complexity index is 1240. The van der Waals surface area contributed by atoms with Gasteiger partial charge in [0, 0.05) is 30.7 Å². The minimum Gasteiger partial charge on any atom is -0.330 e. The molecule has 182 valence electrons. The Hall–Kier alpha value is -3.08. The number of halogens is 2. The summed E-state index contributed by atoms with van der Waals surface area (Å²) in [7, 11) is 1.56. The van der Waals surface area contributed by atoms with E-state index in [2.05, 4.69) is 11.4 Å². The Balaban J connectivity index is 1.67. The van der Waals surface area contributed by atoms with Crippen LogP contribution in [-0.2, 0) is 15.0 Å². The summed E-state index contributed by atoms with van der Waals surface area (Å²) in [4.78, 5) is 43.2. The van der Waals surface area contributed by atoms with Crippen molar-refractivity contribution in [2.45, 2.75) is 44.2 Å². The number of rotatable bonds is 5. The number of likely N-dealkylation sites (N-methyl/N-ethyl adjacent to an activating group) is 1. The molecule has 0 radical (unpaired) electrons. The Morgan fingerprint density at radius 3 is 2.63 bits per heavy atom. The molecule has 2 aromatic carbocycles. The molecule has 7 nitrogen and oxygen atoms in total. The third-order valence-electron chi connectivity index (χ3n) is 6.84. The van der Waals surface area contributed by atoms with Crippen LogP contribution in [0.4, 0.5) is 5.69 Å². The number of para-hydroxylation sites is 1. The highest BCUT2D eigenvalue weighted by Crippen LogP contribution is 2.46. The third-order valence-corrected chi connectivity index (χ3v) is 7.39. The Labute approximate surface area is 214 Å². The molecule has 1 fully saturated rings. The fourth-order valence-electron chi connectivity index (χ4n) is 5.04. The molecule has 2 aromatic rings. The number of hydrogen-bond donors (Lipinski definition) is 1. The summed E-state index contributed by atoms with van der Waals surface area (Å²) in [6, 6.07) is 12.5. The Morgan fingerprint density at radius 2 is 1.97 bits per heavy atom. The smallest absolute Gasteiger partial charge is 0.255 e. The highest BCUT2D eigenvalue weighted by atomic mass is 35.5. The van der Waals surface area contributed by atoms with Crippen LogP contribution in [0, 0.1) is 17.2 Å². The van der Waals surface area contributed by atoms with E-state index in [9.17, 15) is 19.6 Å².